The van der Waals surface area contributed by atoms with Gasteiger partial charge in [-0.05, 0) is 62.1 Å². The maximum Gasteiger partial charge on any atom is 0.417 e. The topological polar surface area (TPSA) is 99.5 Å². The summed E-state index contributed by atoms with van der Waals surface area (Å²) in [6.07, 6.45) is -5.33. The molecule has 1 amide bonds. The van der Waals surface area contributed by atoms with Crippen molar-refractivity contribution in [1.29, 1.82) is 5.26 Å². The number of halogens is 4. The summed E-state index contributed by atoms with van der Waals surface area (Å²) in [7, 11) is -4.47. The molecule has 4 rings (SSSR count). The summed E-state index contributed by atoms with van der Waals surface area (Å²) in [5.41, 5.74) is -1.62. The first-order valence-electron chi connectivity index (χ1n) is 13.1. The molecule has 1 aliphatic carbocycles. The lowest BCUT2D eigenvalue weighted by atomic mass is 9.88. The average Bonchev–Trinajstić information content (AvgIpc) is 3.38. The molecule has 1 aliphatic heterocycles. The average molecular weight is 598 g/mol. The Balaban J connectivity index is 1.60. The minimum absolute atomic E-state index is 0.0480. The van der Waals surface area contributed by atoms with Crippen molar-refractivity contribution >= 4 is 27.3 Å². The van der Waals surface area contributed by atoms with Crippen molar-refractivity contribution < 1.29 is 31.1 Å². The van der Waals surface area contributed by atoms with Crippen molar-refractivity contribution in [1.82, 2.24) is 10.2 Å². The molecule has 0 radical (unpaired) electrons. The normalized spacial score (nSPS) is 23.4. The number of benzene rings is 2. The number of likely N-dealkylation sites (tertiary alicyclic amines) is 1. The van der Waals surface area contributed by atoms with Gasteiger partial charge in [-0.25, -0.2) is 8.42 Å². The maximum atomic E-state index is 13.7. The number of carbonyl (C=O) groups is 1. The zero-order chi connectivity index (χ0) is 29.1. The molecule has 1 N–H and O–H groups in total. The van der Waals surface area contributed by atoms with Gasteiger partial charge in [0, 0.05) is 18.1 Å². The minimum Gasteiger partial charge on any atom is -0.373 e. The van der Waals surface area contributed by atoms with E-state index in [1.54, 1.807) is 24.3 Å². The third-order valence-corrected chi connectivity index (χ3v) is 10.3. The summed E-state index contributed by atoms with van der Waals surface area (Å²) in [5, 5.41) is 12.0. The zero-order valence-electron chi connectivity index (χ0n) is 22.0. The van der Waals surface area contributed by atoms with Crippen molar-refractivity contribution in [2.75, 3.05) is 19.6 Å². The summed E-state index contributed by atoms with van der Waals surface area (Å²) in [4.78, 5) is 14.9. The summed E-state index contributed by atoms with van der Waals surface area (Å²) in [6.45, 7) is 4.12. The summed E-state index contributed by atoms with van der Waals surface area (Å²) in [5.74, 6) is -1.51. The highest BCUT2D eigenvalue weighted by Gasteiger charge is 2.49. The maximum absolute atomic E-state index is 13.7. The second-order valence-electron chi connectivity index (χ2n) is 10.3. The smallest absolute Gasteiger partial charge is 0.373 e. The number of sulfone groups is 1. The molecule has 2 aromatic carbocycles. The molecule has 2 aromatic rings. The van der Waals surface area contributed by atoms with Gasteiger partial charge in [-0.15, -0.1) is 0 Å². The van der Waals surface area contributed by atoms with E-state index in [0.717, 1.165) is 30.3 Å². The van der Waals surface area contributed by atoms with Crippen LogP contribution in [0.5, 0.6) is 0 Å². The Morgan fingerprint density at radius 2 is 1.80 bits per heavy atom. The van der Waals surface area contributed by atoms with Crippen LogP contribution < -0.4 is 5.32 Å². The number of alkyl halides is 3. The van der Waals surface area contributed by atoms with E-state index in [2.05, 4.69) is 16.3 Å². The van der Waals surface area contributed by atoms with Crippen molar-refractivity contribution in [3.63, 3.8) is 0 Å². The van der Waals surface area contributed by atoms with Gasteiger partial charge < -0.3 is 15.0 Å². The predicted molar refractivity (Wildman–Crippen MR) is 143 cm³/mol. The molecule has 0 unspecified atom stereocenters. The van der Waals surface area contributed by atoms with Gasteiger partial charge in [-0.1, -0.05) is 42.8 Å². The standard InChI is InChI=1S/C28H31ClF3N3O4S/c1-2-35-13-11-27(18-33,12-14-35)34-26(36)22-15-21(16-24(22)39-17-19-7-9-20(29)10-8-19)40(37,38)25-6-4-3-5-23(25)28(30,31)32/h3-10,21-22,24H,2,11-17H2,1H3,(H,34,36)/t21-,22-,24-/m0/s1. The van der Waals surface area contributed by atoms with Crippen LogP contribution >= 0.6 is 11.6 Å². The molecule has 40 heavy (non-hydrogen) atoms. The van der Waals surface area contributed by atoms with Gasteiger partial charge in [-0.3, -0.25) is 4.79 Å². The molecule has 1 heterocycles. The number of ether oxygens (including phenoxy) is 1. The molecule has 0 spiro atoms. The number of carbonyl (C=O) groups excluding carboxylic acids is 1. The molecule has 1 saturated heterocycles. The van der Waals surface area contributed by atoms with Crippen LogP contribution in [-0.2, 0) is 32.2 Å². The second-order valence-corrected chi connectivity index (χ2v) is 13.0. The van der Waals surface area contributed by atoms with Gasteiger partial charge in [0.15, 0.2) is 9.84 Å². The van der Waals surface area contributed by atoms with Gasteiger partial charge in [-0.2, -0.15) is 18.4 Å². The first-order chi connectivity index (χ1) is 18.9. The van der Waals surface area contributed by atoms with Gasteiger partial charge in [0.05, 0.1) is 40.4 Å². The van der Waals surface area contributed by atoms with Crippen LogP contribution in [0.1, 0.15) is 43.7 Å². The van der Waals surface area contributed by atoms with E-state index in [1.807, 2.05) is 6.92 Å². The number of nitriles is 1. The highest BCUT2D eigenvalue weighted by Crippen LogP contribution is 2.41. The Morgan fingerprint density at radius 3 is 2.40 bits per heavy atom. The van der Waals surface area contributed by atoms with E-state index in [9.17, 15) is 31.6 Å². The highest BCUT2D eigenvalue weighted by atomic mass is 35.5. The van der Waals surface area contributed by atoms with Crippen LogP contribution in [-0.4, -0.2) is 55.8 Å². The van der Waals surface area contributed by atoms with E-state index < -0.39 is 55.2 Å². The SMILES string of the molecule is CCN1CCC(C#N)(NC(=O)[C@H]2C[C@H](S(=O)(=O)c3ccccc3C(F)(F)F)C[C@@H]2OCc2ccc(Cl)cc2)CC1. The predicted octanol–water partition coefficient (Wildman–Crippen LogP) is 4.99. The first kappa shape index (κ1) is 30.3. The Hall–Kier alpha value is -2.65. The number of nitrogens with one attached hydrogen (secondary N) is 1. The summed E-state index contributed by atoms with van der Waals surface area (Å²) < 4.78 is 74.2. The molecule has 3 atom stereocenters. The largest absolute Gasteiger partial charge is 0.417 e. The lowest BCUT2D eigenvalue weighted by Gasteiger charge is -2.38. The molecule has 2 fully saturated rings. The molecule has 1 saturated carbocycles. The monoisotopic (exact) mass is 597 g/mol. The highest BCUT2D eigenvalue weighted by molar-refractivity contribution is 7.92. The van der Waals surface area contributed by atoms with Crippen LogP contribution in [0.2, 0.25) is 5.02 Å². The van der Waals surface area contributed by atoms with E-state index in [1.165, 1.54) is 6.07 Å². The van der Waals surface area contributed by atoms with Gasteiger partial charge in [0.2, 0.25) is 5.91 Å². The molecule has 0 aromatic heterocycles. The van der Waals surface area contributed by atoms with Crippen molar-refractivity contribution in [3.05, 3.63) is 64.7 Å². The van der Waals surface area contributed by atoms with Crippen molar-refractivity contribution in [2.24, 2.45) is 5.92 Å². The van der Waals surface area contributed by atoms with Crippen LogP contribution in [0.4, 0.5) is 13.2 Å². The van der Waals surface area contributed by atoms with Crippen LogP contribution in [0, 0.1) is 17.2 Å². The van der Waals surface area contributed by atoms with E-state index >= 15 is 0 Å². The van der Waals surface area contributed by atoms with E-state index in [-0.39, 0.29) is 19.4 Å². The Bertz CT molecular complexity index is 1350. The van der Waals surface area contributed by atoms with Gasteiger partial charge in [0.1, 0.15) is 5.54 Å². The molecule has 2 aliphatic rings. The lowest BCUT2D eigenvalue weighted by Crippen LogP contribution is -2.56. The van der Waals surface area contributed by atoms with Crippen LogP contribution in [0.15, 0.2) is 53.4 Å². The van der Waals surface area contributed by atoms with Gasteiger partial charge >= 0.3 is 6.18 Å². The number of nitrogens with zero attached hydrogens (tertiary/aromatic N) is 2. The van der Waals surface area contributed by atoms with Gasteiger partial charge in [0.25, 0.3) is 0 Å². The third-order valence-electron chi connectivity index (χ3n) is 7.85. The second kappa shape index (κ2) is 12.1. The Labute approximate surface area is 237 Å². The van der Waals surface area contributed by atoms with Crippen molar-refractivity contribution in [3.8, 4) is 6.07 Å². The number of piperidine rings is 1. The molecular weight excluding hydrogens is 567 g/mol. The third kappa shape index (κ3) is 6.62. The number of amides is 1. The van der Waals surface area contributed by atoms with E-state index in [4.69, 9.17) is 16.3 Å². The quantitative estimate of drug-likeness (QED) is 0.460. The Morgan fingerprint density at radius 1 is 1.15 bits per heavy atom. The minimum atomic E-state index is -4.87. The zero-order valence-corrected chi connectivity index (χ0v) is 23.5. The molecular formula is C28H31ClF3N3O4S. The molecule has 7 nitrogen and oxygen atoms in total. The fraction of sp³-hybridized carbons (Fsp3) is 0.500. The first-order valence-corrected chi connectivity index (χ1v) is 15.0. The number of rotatable bonds is 8. The van der Waals surface area contributed by atoms with Crippen molar-refractivity contribution in [2.45, 2.75) is 67.2 Å². The summed E-state index contributed by atoms with van der Waals surface area (Å²) in [6, 6.07) is 13.1. The number of hydrogen-bond donors (Lipinski definition) is 1. The molecule has 0 bridgehead atoms. The fourth-order valence-corrected chi connectivity index (χ4v) is 7.57. The molecule has 216 valence electrons. The van der Waals surface area contributed by atoms with Crippen LogP contribution in [0.25, 0.3) is 0 Å². The van der Waals surface area contributed by atoms with Crippen LogP contribution in [0.3, 0.4) is 0 Å². The Kier molecular flexibility index (Phi) is 9.15. The molecule has 12 heteroatoms. The lowest BCUT2D eigenvalue weighted by molar-refractivity contribution is -0.140. The summed E-state index contributed by atoms with van der Waals surface area (Å²) >= 11 is 5.94. The van der Waals surface area contributed by atoms with E-state index in [0.29, 0.717) is 31.0 Å². The number of hydrogen-bond acceptors (Lipinski definition) is 6. The fourth-order valence-electron chi connectivity index (χ4n) is 5.42.